The van der Waals surface area contributed by atoms with Crippen molar-refractivity contribution in [2.75, 3.05) is 20.3 Å². The van der Waals surface area contributed by atoms with Gasteiger partial charge in [-0.25, -0.2) is 8.42 Å². The Labute approximate surface area is 161 Å². The van der Waals surface area contributed by atoms with Crippen LogP contribution in [-0.4, -0.2) is 44.1 Å². The smallest absolute Gasteiger partial charge is 0.243 e. The number of hydrogen-bond acceptors (Lipinski definition) is 4. The normalized spacial score (nSPS) is 21.6. The largest absolute Gasteiger partial charge is 0.497 e. The molecule has 0 amide bonds. The van der Waals surface area contributed by atoms with E-state index < -0.39 is 16.1 Å². The monoisotopic (exact) mass is 389 g/mol. The molecule has 2 atom stereocenters. The second kappa shape index (κ2) is 8.87. The van der Waals surface area contributed by atoms with Gasteiger partial charge in [0.05, 0.1) is 24.7 Å². The Hall–Kier alpha value is -1.89. The number of ether oxygens (including phenoxy) is 1. The van der Waals surface area contributed by atoms with Gasteiger partial charge in [0.15, 0.2) is 0 Å². The number of methoxy groups -OCH3 is 1. The van der Waals surface area contributed by atoms with Crippen LogP contribution in [-0.2, 0) is 16.4 Å². The van der Waals surface area contributed by atoms with Gasteiger partial charge in [-0.3, -0.25) is 0 Å². The highest BCUT2D eigenvalue weighted by Crippen LogP contribution is 2.31. The summed E-state index contributed by atoms with van der Waals surface area (Å²) in [6.45, 7) is 0.262. The number of benzene rings is 2. The number of aliphatic hydroxyl groups is 1. The van der Waals surface area contributed by atoms with E-state index in [1.807, 2.05) is 18.2 Å². The molecule has 1 fully saturated rings. The fourth-order valence-corrected chi connectivity index (χ4v) is 5.56. The maximum atomic E-state index is 13.3. The number of nitrogens with zero attached hydrogens (tertiary/aromatic N) is 1. The van der Waals surface area contributed by atoms with Gasteiger partial charge in [0, 0.05) is 6.54 Å². The van der Waals surface area contributed by atoms with Gasteiger partial charge in [0.1, 0.15) is 5.75 Å². The summed E-state index contributed by atoms with van der Waals surface area (Å²) in [5.41, 5.74) is 1.17. The van der Waals surface area contributed by atoms with Crippen molar-refractivity contribution in [3.8, 4) is 5.75 Å². The summed E-state index contributed by atoms with van der Waals surface area (Å²) in [7, 11) is -2.13. The van der Waals surface area contributed by atoms with Crippen molar-refractivity contribution in [2.24, 2.45) is 5.92 Å². The SMILES string of the molecule is COc1ccc(S(=O)(=O)N2CCCC[C@H](Cc3ccccc3)[C@@H]2CO)cc1. The molecular formula is C21H27NO4S. The van der Waals surface area contributed by atoms with Gasteiger partial charge in [0.2, 0.25) is 10.0 Å². The molecule has 5 nitrogen and oxygen atoms in total. The summed E-state index contributed by atoms with van der Waals surface area (Å²) >= 11 is 0. The highest BCUT2D eigenvalue weighted by molar-refractivity contribution is 7.89. The quantitative estimate of drug-likeness (QED) is 0.824. The molecular weight excluding hydrogens is 362 g/mol. The molecule has 2 aromatic carbocycles. The van der Waals surface area contributed by atoms with E-state index in [1.54, 1.807) is 31.4 Å². The zero-order chi connectivity index (χ0) is 19.3. The van der Waals surface area contributed by atoms with Crippen molar-refractivity contribution >= 4 is 10.0 Å². The molecule has 1 heterocycles. The molecule has 0 aliphatic carbocycles. The van der Waals surface area contributed by atoms with Crippen LogP contribution < -0.4 is 4.74 Å². The minimum atomic E-state index is -3.68. The van der Waals surface area contributed by atoms with Gasteiger partial charge in [-0.05, 0) is 55.0 Å². The van der Waals surface area contributed by atoms with Crippen molar-refractivity contribution in [1.82, 2.24) is 4.31 Å². The van der Waals surface area contributed by atoms with E-state index in [9.17, 15) is 13.5 Å². The molecule has 1 N–H and O–H groups in total. The van der Waals surface area contributed by atoms with Gasteiger partial charge >= 0.3 is 0 Å². The molecule has 1 aliphatic rings. The number of rotatable bonds is 6. The van der Waals surface area contributed by atoms with Crippen molar-refractivity contribution in [3.05, 3.63) is 60.2 Å². The zero-order valence-electron chi connectivity index (χ0n) is 15.6. The average Bonchev–Trinajstić information content (AvgIpc) is 2.91. The van der Waals surface area contributed by atoms with Crippen LogP contribution in [0.5, 0.6) is 5.75 Å². The number of aliphatic hydroxyl groups excluding tert-OH is 1. The van der Waals surface area contributed by atoms with Crippen LogP contribution in [0.15, 0.2) is 59.5 Å². The lowest BCUT2D eigenvalue weighted by Crippen LogP contribution is -2.46. The van der Waals surface area contributed by atoms with Crippen LogP contribution in [0.3, 0.4) is 0 Å². The Bertz CT molecular complexity index is 821. The topological polar surface area (TPSA) is 66.8 Å². The van der Waals surface area contributed by atoms with Crippen LogP contribution in [0, 0.1) is 5.92 Å². The van der Waals surface area contributed by atoms with Gasteiger partial charge in [-0.1, -0.05) is 36.8 Å². The first-order chi connectivity index (χ1) is 13.1. The molecule has 0 spiro atoms. The second-order valence-electron chi connectivity index (χ2n) is 6.99. The maximum Gasteiger partial charge on any atom is 0.243 e. The lowest BCUT2D eigenvalue weighted by Gasteiger charge is -2.33. The summed E-state index contributed by atoms with van der Waals surface area (Å²) in [6, 6.07) is 16.1. The van der Waals surface area contributed by atoms with E-state index in [0.29, 0.717) is 12.3 Å². The molecule has 6 heteroatoms. The molecule has 0 bridgehead atoms. The van der Waals surface area contributed by atoms with Crippen LogP contribution in [0.4, 0.5) is 0 Å². The highest BCUT2D eigenvalue weighted by Gasteiger charge is 2.37. The summed E-state index contributed by atoms with van der Waals surface area (Å²) in [5, 5.41) is 10.1. The molecule has 0 aromatic heterocycles. The first kappa shape index (κ1) is 19.9. The third kappa shape index (κ3) is 4.51. The molecule has 3 rings (SSSR count). The van der Waals surface area contributed by atoms with Crippen LogP contribution in [0.1, 0.15) is 24.8 Å². The van der Waals surface area contributed by atoms with E-state index in [2.05, 4.69) is 12.1 Å². The Morgan fingerprint density at radius 1 is 1.07 bits per heavy atom. The zero-order valence-corrected chi connectivity index (χ0v) is 16.4. The van der Waals surface area contributed by atoms with Gasteiger partial charge in [-0.2, -0.15) is 4.31 Å². The predicted molar refractivity (Wildman–Crippen MR) is 105 cm³/mol. The minimum Gasteiger partial charge on any atom is -0.497 e. The van der Waals surface area contributed by atoms with Gasteiger partial charge < -0.3 is 9.84 Å². The lowest BCUT2D eigenvalue weighted by molar-refractivity contribution is 0.146. The van der Waals surface area contributed by atoms with Crippen LogP contribution in [0.25, 0.3) is 0 Å². The van der Waals surface area contributed by atoms with Crippen molar-refractivity contribution in [3.63, 3.8) is 0 Å². The molecule has 0 radical (unpaired) electrons. The highest BCUT2D eigenvalue weighted by atomic mass is 32.2. The van der Waals surface area contributed by atoms with E-state index in [4.69, 9.17) is 4.74 Å². The Morgan fingerprint density at radius 3 is 2.41 bits per heavy atom. The van der Waals surface area contributed by atoms with Crippen LogP contribution >= 0.6 is 0 Å². The third-order valence-electron chi connectivity index (χ3n) is 5.31. The van der Waals surface area contributed by atoms with Crippen molar-refractivity contribution in [2.45, 2.75) is 36.6 Å². The predicted octanol–water partition coefficient (Wildman–Crippen LogP) is 3.09. The van der Waals surface area contributed by atoms with Crippen LogP contribution in [0.2, 0.25) is 0 Å². The number of hydrogen-bond donors (Lipinski definition) is 1. The number of sulfonamides is 1. The minimum absolute atomic E-state index is 0.0907. The van der Waals surface area contributed by atoms with E-state index in [-0.39, 0.29) is 17.4 Å². The van der Waals surface area contributed by atoms with E-state index in [0.717, 1.165) is 25.7 Å². The lowest BCUT2D eigenvalue weighted by atomic mass is 9.89. The molecule has 27 heavy (non-hydrogen) atoms. The van der Waals surface area contributed by atoms with E-state index in [1.165, 1.54) is 9.87 Å². The summed E-state index contributed by atoms with van der Waals surface area (Å²) in [5.74, 6) is 0.707. The summed E-state index contributed by atoms with van der Waals surface area (Å²) in [6.07, 6.45) is 3.44. The standard InChI is InChI=1S/C21H27NO4S/c1-26-19-10-12-20(13-11-19)27(24,25)22-14-6-5-9-18(21(22)16-23)15-17-7-3-2-4-8-17/h2-4,7-8,10-13,18,21,23H,5-6,9,14-16H2,1H3/t18-,21+/m1/s1. The van der Waals surface area contributed by atoms with E-state index >= 15 is 0 Å². The molecule has 1 aliphatic heterocycles. The molecule has 0 saturated carbocycles. The summed E-state index contributed by atoms with van der Waals surface area (Å²) in [4.78, 5) is 0.238. The molecule has 1 saturated heterocycles. The van der Waals surface area contributed by atoms with Gasteiger partial charge in [0.25, 0.3) is 0 Å². The Kier molecular flexibility index (Phi) is 6.52. The molecule has 0 unspecified atom stereocenters. The first-order valence-corrected chi connectivity index (χ1v) is 10.8. The first-order valence-electron chi connectivity index (χ1n) is 9.37. The Morgan fingerprint density at radius 2 is 1.78 bits per heavy atom. The maximum absolute atomic E-state index is 13.3. The van der Waals surface area contributed by atoms with Gasteiger partial charge in [-0.15, -0.1) is 0 Å². The fourth-order valence-electron chi connectivity index (χ4n) is 3.84. The second-order valence-corrected chi connectivity index (χ2v) is 8.88. The summed E-state index contributed by atoms with van der Waals surface area (Å²) < 4.78 is 33.2. The molecule has 146 valence electrons. The van der Waals surface area contributed by atoms with Crippen molar-refractivity contribution < 1.29 is 18.3 Å². The molecule has 2 aromatic rings. The average molecular weight is 390 g/mol. The Balaban J connectivity index is 1.89. The van der Waals surface area contributed by atoms with Crippen molar-refractivity contribution in [1.29, 1.82) is 0 Å². The fraction of sp³-hybridized carbons (Fsp3) is 0.429. The third-order valence-corrected chi connectivity index (χ3v) is 7.25.